The zero-order chi connectivity index (χ0) is 21.1. The highest BCUT2D eigenvalue weighted by Crippen LogP contribution is 2.31. The van der Waals surface area contributed by atoms with Gasteiger partial charge in [0.15, 0.2) is 0 Å². The van der Waals surface area contributed by atoms with Gasteiger partial charge in [0.2, 0.25) is 10.0 Å². The molecule has 1 aliphatic heterocycles. The Morgan fingerprint density at radius 1 is 1.17 bits per heavy atom. The molecule has 0 fully saturated rings. The van der Waals surface area contributed by atoms with Crippen molar-refractivity contribution in [1.82, 2.24) is 14.5 Å². The first-order valence-corrected chi connectivity index (χ1v) is 12.0. The van der Waals surface area contributed by atoms with Gasteiger partial charge in [-0.2, -0.15) is 5.10 Å². The summed E-state index contributed by atoms with van der Waals surface area (Å²) < 4.78 is 31.2. The van der Waals surface area contributed by atoms with E-state index in [9.17, 15) is 8.42 Å². The third-order valence-electron chi connectivity index (χ3n) is 5.31. The molecule has 2 heterocycles. The molecule has 6 nitrogen and oxygen atoms in total. The number of hydrogen-bond acceptors (Lipinski definition) is 4. The van der Waals surface area contributed by atoms with Crippen molar-refractivity contribution in [2.45, 2.75) is 43.7 Å². The molecule has 158 valence electrons. The Kier molecular flexibility index (Phi) is 6.13. The van der Waals surface area contributed by atoms with Crippen molar-refractivity contribution >= 4 is 27.4 Å². The van der Waals surface area contributed by atoms with Crippen LogP contribution in [-0.4, -0.2) is 24.7 Å². The van der Waals surface area contributed by atoms with Gasteiger partial charge < -0.3 is 5.32 Å². The van der Waals surface area contributed by atoms with Crippen LogP contribution in [0.3, 0.4) is 0 Å². The van der Waals surface area contributed by atoms with Crippen molar-refractivity contribution in [2.75, 3.05) is 11.9 Å². The standard InChI is InChI=1S/C22H25ClN4O2S/c1-2-19-21(25-27-14-6-13-24-22(19)27)20(15-16-7-4-3-5-8-16)26-30(28,29)18-11-9-17(23)10-12-18/h3-5,7-12,20,24,26H,2,6,13-15H2,1H3. The Balaban J connectivity index is 1.74. The lowest BCUT2D eigenvalue weighted by Crippen LogP contribution is -2.31. The van der Waals surface area contributed by atoms with Crippen LogP contribution in [0.5, 0.6) is 0 Å². The van der Waals surface area contributed by atoms with Crippen LogP contribution in [-0.2, 0) is 29.4 Å². The summed E-state index contributed by atoms with van der Waals surface area (Å²) in [6.45, 7) is 3.81. The number of aryl methyl sites for hydroxylation is 1. The largest absolute Gasteiger partial charge is 0.370 e. The van der Waals surface area contributed by atoms with Crippen LogP contribution in [0, 0.1) is 0 Å². The summed E-state index contributed by atoms with van der Waals surface area (Å²) in [5.41, 5.74) is 2.89. The first kappa shape index (κ1) is 20.9. The summed E-state index contributed by atoms with van der Waals surface area (Å²) in [5, 5.41) is 8.74. The minimum Gasteiger partial charge on any atom is -0.370 e. The number of nitrogens with one attached hydrogen (secondary N) is 2. The fraction of sp³-hybridized carbons (Fsp3) is 0.318. The second-order valence-electron chi connectivity index (χ2n) is 7.39. The van der Waals surface area contributed by atoms with Crippen LogP contribution >= 0.6 is 11.6 Å². The first-order valence-electron chi connectivity index (χ1n) is 10.1. The molecule has 0 saturated heterocycles. The molecule has 8 heteroatoms. The van der Waals surface area contributed by atoms with E-state index in [1.54, 1.807) is 12.1 Å². The zero-order valence-corrected chi connectivity index (χ0v) is 18.4. The highest BCUT2D eigenvalue weighted by molar-refractivity contribution is 7.89. The normalized spacial score (nSPS) is 14.7. The van der Waals surface area contributed by atoms with Gasteiger partial charge in [0.05, 0.1) is 16.6 Å². The highest BCUT2D eigenvalue weighted by atomic mass is 35.5. The fourth-order valence-corrected chi connectivity index (χ4v) is 5.18. The highest BCUT2D eigenvalue weighted by Gasteiger charge is 2.29. The number of aromatic nitrogens is 2. The topological polar surface area (TPSA) is 76.0 Å². The molecule has 3 aromatic rings. The molecule has 1 aliphatic rings. The van der Waals surface area contributed by atoms with Gasteiger partial charge in [-0.25, -0.2) is 17.8 Å². The Morgan fingerprint density at radius 2 is 1.90 bits per heavy atom. The number of rotatable bonds is 7. The van der Waals surface area contributed by atoms with Crippen molar-refractivity contribution in [3.63, 3.8) is 0 Å². The lowest BCUT2D eigenvalue weighted by atomic mass is 10.00. The maximum atomic E-state index is 13.2. The number of fused-ring (bicyclic) bond motifs is 1. The fourth-order valence-electron chi connectivity index (χ4n) is 3.85. The van der Waals surface area contributed by atoms with E-state index in [1.165, 1.54) is 12.1 Å². The molecule has 0 aliphatic carbocycles. The van der Waals surface area contributed by atoms with Crippen molar-refractivity contribution in [3.05, 3.63) is 76.4 Å². The van der Waals surface area contributed by atoms with E-state index < -0.39 is 16.1 Å². The molecule has 1 atom stereocenters. The SMILES string of the molecule is CCc1c(C(Cc2ccccc2)NS(=O)(=O)c2ccc(Cl)cc2)nn2c1NCCC2. The van der Waals surface area contributed by atoms with Crippen molar-refractivity contribution in [1.29, 1.82) is 0 Å². The predicted octanol–water partition coefficient (Wildman–Crippen LogP) is 4.18. The molecule has 2 N–H and O–H groups in total. The van der Waals surface area contributed by atoms with Gasteiger partial charge in [-0.3, -0.25) is 0 Å². The molecular formula is C22H25ClN4O2S. The molecule has 0 radical (unpaired) electrons. The zero-order valence-electron chi connectivity index (χ0n) is 16.8. The van der Waals surface area contributed by atoms with Gasteiger partial charge in [0.1, 0.15) is 5.82 Å². The van der Waals surface area contributed by atoms with E-state index in [0.29, 0.717) is 11.4 Å². The lowest BCUT2D eigenvalue weighted by molar-refractivity contribution is 0.527. The number of sulfonamides is 1. The van der Waals surface area contributed by atoms with Crippen LogP contribution in [0.4, 0.5) is 5.82 Å². The van der Waals surface area contributed by atoms with Crippen molar-refractivity contribution in [2.24, 2.45) is 0 Å². The minimum atomic E-state index is -3.75. The summed E-state index contributed by atoms with van der Waals surface area (Å²) in [7, 11) is -3.75. The molecule has 0 amide bonds. The summed E-state index contributed by atoms with van der Waals surface area (Å²) in [6, 6.07) is 15.6. The maximum absolute atomic E-state index is 13.2. The lowest BCUT2D eigenvalue weighted by Gasteiger charge is -2.19. The van der Waals surface area contributed by atoms with Crippen LogP contribution in [0.15, 0.2) is 59.5 Å². The van der Waals surface area contributed by atoms with Crippen LogP contribution in [0.25, 0.3) is 0 Å². The third-order valence-corrected chi connectivity index (χ3v) is 7.05. The molecule has 0 bridgehead atoms. The van der Waals surface area contributed by atoms with E-state index in [4.69, 9.17) is 16.7 Å². The Labute approximate surface area is 182 Å². The van der Waals surface area contributed by atoms with Gasteiger partial charge in [-0.1, -0.05) is 48.9 Å². The molecule has 0 spiro atoms. The number of halogens is 1. The van der Waals surface area contributed by atoms with Gasteiger partial charge in [-0.15, -0.1) is 0 Å². The third kappa shape index (κ3) is 4.38. The van der Waals surface area contributed by atoms with Crippen molar-refractivity contribution < 1.29 is 8.42 Å². The molecule has 4 rings (SSSR count). The molecule has 1 unspecified atom stereocenters. The van der Waals surface area contributed by atoms with Gasteiger partial charge in [-0.05, 0) is 49.1 Å². The number of anilines is 1. The Morgan fingerprint density at radius 3 is 2.60 bits per heavy atom. The predicted molar refractivity (Wildman–Crippen MR) is 119 cm³/mol. The number of benzene rings is 2. The second-order valence-corrected chi connectivity index (χ2v) is 9.54. The van der Waals surface area contributed by atoms with Crippen molar-refractivity contribution in [3.8, 4) is 0 Å². The average molecular weight is 445 g/mol. The molecule has 30 heavy (non-hydrogen) atoms. The minimum absolute atomic E-state index is 0.185. The smallest absolute Gasteiger partial charge is 0.241 e. The van der Waals surface area contributed by atoms with Crippen LogP contribution < -0.4 is 10.0 Å². The summed E-state index contributed by atoms with van der Waals surface area (Å²) >= 11 is 5.93. The van der Waals surface area contributed by atoms with Gasteiger partial charge in [0.25, 0.3) is 0 Å². The van der Waals surface area contributed by atoms with Gasteiger partial charge in [0, 0.05) is 23.7 Å². The quantitative estimate of drug-likeness (QED) is 0.573. The number of nitrogens with zero attached hydrogens (tertiary/aromatic N) is 2. The van der Waals surface area contributed by atoms with E-state index in [2.05, 4.69) is 17.0 Å². The Bertz CT molecular complexity index is 1110. The van der Waals surface area contributed by atoms with Crippen LogP contribution in [0.2, 0.25) is 5.02 Å². The summed E-state index contributed by atoms with van der Waals surface area (Å²) in [6.07, 6.45) is 2.28. The molecular weight excluding hydrogens is 420 g/mol. The molecule has 1 aromatic heterocycles. The average Bonchev–Trinajstić information content (AvgIpc) is 3.13. The van der Waals surface area contributed by atoms with Gasteiger partial charge >= 0.3 is 0 Å². The first-order chi connectivity index (χ1) is 14.5. The monoisotopic (exact) mass is 444 g/mol. The second kappa shape index (κ2) is 8.79. The van der Waals surface area contributed by atoms with E-state index >= 15 is 0 Å². The summed E-state index contributed by atoms with van der Waals surface area (Å²) in [5.74, 6) is 1.00. The number of hydrogen-bond donors (Lipinski definition) is 2. The van der Waals surface area contributed by atoms with E-state index in [-0.39, 0.29) is 4.90 Å². The van der Waals surface area contributed by atoms with Crippen LogP contribution in [0.1, 0.15) is 36.2 Å². The summed E-state index contributed by atoms with van der Waals surface area (Å²) in [4.78, 5) is 0.185. The van der Waals surface area contributed by atoms with E-state index in [1.807, 2.05) is 35.0 Å². The molecule has 2 aromatic carbocycles. The molecule has 0 saturated carbocycles. The Hall–Kier alpha value is -2.35. The maximum Gasteiger partial charge on any atom is 0.241 e. The van der Waals surface area contributed by atoms with E-state index in [0.717, 1.165) is 48.6 Å².